The van der Waals surface area contributed by atoms with Crippen LogP contribution in [0.1, 0.15) is 109 Å². The molecule has 1 amide bonds. The van der Waals surface area contributed by atoms with Gasteiger partial charge in [0.15, 0.2) is 0 Å². The monoisotopic (exact) mass is 357 g/mol. The molecule has 0 heterocycles. The average Bonchev–Trinajstić information content (AvgIpc) is 2.56. The second-order valence-electron chi connectivity index (χ2n) is 6.97. The molecule has 0 fully saturated rings. The lowest BCUT2D eigenvalue weighted by molar-refractivity contribution is -0.137. The van der Waals surface area contributed by atoms with Crippen LogP contribution in [-0.4, -0.2) is 23.8 Å². The molecule has 0 aromatic carbocycles. The van der Waals surface area contributed by atoms with Crippen LogP contribution in [0.3, 0.4) is 0 Å². The van der Waals surface area contributed by atoms with Crippen LogP contribution in [0.4, 0.5) is 4.79 Å². The molecule has 148 valence electrons. The van der Waals surface area contributed by atoms with Crippen molar-refractivity contribution in [3.63, 3.8) is 0 Å². The van der Waals surface area contributed by atoms with Crippen molar-refractivity contribution in [1.82, 2.24) is 0 Å². The third-order valence-electron chi connectivity index (χ3n) is 4.53. The summed E-state index contributed by atoms with van der Waals surface area (Å²) in [4.78, 5) is 20.7. The van der Waals surface area contributed by atoms with E-state index in [9.17, 15) is 9.59 Å². The van der Waals surface area contributed by atoms with Gasteiger partial charge >= 0.3 is 12.1 Å². The second-order valence-corrected chi connectivity index (χ2v) is 6.97. The molecule has 0 bridgehead atoms. The Bertz CT molecular complexity index is 291. The summed E-state index contributed by atoms with van der Waals surface area (Å²) < 4.78 is 4.69. The zero-order chi connectivity index (χ0) is 18.6. The van der Waals surface area contributed by atoms with Gasteiger partial charge < -0.3 is 15.6 Å². The summed E-state index contributed by atoms with van der Waals surface area (Å²) in [6, 6.07) is 0. The lowest BCUT2D eigenvalue weighted by atomic mass is 10.0. The summed E-state index contributed by atoms with van der Waals surface area (Å²) in [7, 11) is 0. The molecular weight excluding hydrogens is 318 g/mol. The molecule has 0 saturated heterocycles. The number of rotatable bonds is 19. The van der Waals surface area contributed by atoms with Crippen molar-refractivity contribution < 1.29 is 19.4 Å². The van der Waals surface area contributed by atoms with Crippen LogP contribution in [0.15, 0.2) is 0 Å². The van der Waals surface area contributed by atoms with Crippen molar-refractivity contribution in [1.29, 1.82) is 0 Å². The van der Waals surface area contributed by atoms with Crippen LogP contribution >= 0.6 is 0 Å². The molecular formula is C20H39NO4. The normalized spacial score (nSPS) is 10.7. The fourth-order valence-electron chi connectivity index (χ4n) is 3.03. The van der Waals surface area contributed by atoms with Crippen molar-refractivity contribution in [2.24, 2.45) is 5.73 Å². The second kappa shape index (κ2) is 19.1. The number of primary amides is 1. The van der Waals surface area contributed by atoms with Crippen LogP contribution in [0, 0.1) is 0 Å². The molecule has 0 unspecified atom stereocenters. The lowest BCUT2D eigenvalue weighted by Crippen LogP contribution is -2.13. The van der Waals surface area contributed by atoms with Gasteiger partial charge in [-0.3, -0.25) is 4.79 Å². The predicted molar refractivity (Wildman–Crippen MR) is 102 cm³/mol. The topological polar surface area (TPSA) is 89.6 Å². The van der Waals surface area contributed by atoms with Crippen LogP contribution < -0.4 is 5.73 Å². The number of amides is 1. The summed E-state index contributed by atoms with van der Waals surface area (Å²) in [6.45, 7) is 0.456. The van der Waals surface area contributed by atoms with Crippen molar-refractivity contribution in [2.75, 3.05) is 6.61 Å². The minimum atomic E-state index is -0.671. The summed E-state index contributed by atoms with van der Waals surface area (Å²) in [5, 5.41) is 8.55. The van der Waals surface area contributed by atoms with Gasteiger partial charge in [-0.2, -0.15) is 0 Å². The SMILES string of the molecule is NC(=O)OCCCCCCCCCCCCCCCCCCC(=O)O. The van der Waals surface area contributed by atoms with Crippen LogP contribution in [0.25, 0.3) is 0 Å². The minimum absolute atomic E-state index is 0.323. The zero-order valence-corrected chi connectivity index (χ0v) is 16.0. The highest BCUT2D eigenvalue weighted by molar-refractivity contribution is 5.66. The Balaban J connectivity index is 3.00. The first-order valence-electron chi connectivity index (χ1n) is 10.3. The molecule has 0 radical (unpaired) electrons. The largest absolute Gasteiger partial charge is 0.481 e. The van der Waals surface area contributed by atoms with Gasteiger partial charge in [0.25, 0.3) is 0 Å². The van der Waals surface area contributed by atoms with E-state index in [2.05, 4.69) is 0 Å². The summed E-state index contributed by atoms with van der Waals surface area (Å²) >= 11 is 0. The number of hydrogen-bond acceptors (Lipinski definition) is 3. The highest BCUT2D eigenvalue weighted by Crippen LogP contribution is 2.14. The van der Waals surface area contributed by atoms with Gasteiger partial charge in [-0.25, -0.2) is 4.79 Å². The van der Waals surface area contributed by atoms with Gasteiger partial charge in [-0.1, -0.05) is 89.9 Å². The first kappa shape index (κ1) is 23.7. The van der Waals surface area contributed by atoms with Gasteiger partial charge in [-0.15, -0.1) is 0 Å². The molecule has 0 spiro atoms. The predicted octanol–water partition coefficient (Wildman–Crippen LogP) is 5.80. The van der Waals surface area contributed by atoms with Gasteiger partial charge in [-0.05, 0) is 12.8 Å². The average molecular weight is 358 g/mol. The number of unbranched alkanes of at least 4 members (excludes halogenated alkanes) is 15. The molecule has 5 heteroatoms. The molecule has 0 rings (SSSR count). The number of carbonyl (C=O) groups is 2. The molecule has 25 heavy (non-hydrogen) atoms. The Hall–Kier alpha value is -1.26. The van der Waals surface area contributed by atoms with Crippen molar-refractivity contribution in [3.8, 4) is 0 Å². The van der Waals surface area contributed by atoms with E-state index in [0.29, 0.717) is 13.0 Å². The van der Waals surface area contributed by atoms with Crippen molar-refractivity contribution in [2.45, 2.75) is 109 Å². The van der Waals surface area contributed by atoms with Gasteiger partial charge in [0, 0.05) is 6.42 Å². The van der Waals surface area contributed by atoms with E-state index in [1.165, 1.54) is 77.0 Å². The Morgan fingerprint density at radius 3 is 1.24 bits per heavy atom. The van der Waals surface area contributed by atoms with Gasteiger partial charge in [0.05, 0.1) is 6.61 Å². The molecule has 0 aliphatic carbocycles. The van der Waals surface area contributed by atoms with Gasteiger partial charge in [0.2, 0.25) is 0 Å². The van der Waals surface area contributed by atoms with Crippen molar-refractivity contribution in [3.05, 3.63) is 0 Å². The molecule has 0 aliphatic heterocycles. The van der Waals surface area contributed by atoms with E-state index in [1.807, 2.05) is 0 Å². The quantitative estimate of drug-likeness (QED) is 0.286. The van der Waals surface area contributed by atoms with E-state index >= 15 is 0 Å². The highest BCUT2D eigenvalue weighted by atomic mass is 16.5. The standard InChI is InChI=1S/C20H39NO4/c21-20(24)25-18-16-14-12-10-8-6-4-2-1-3-5-7-9-11-13-15-17-19(22)23/h1-18H2,(H2,21,24)(H,22,23). The Morgan fingerprint density at radius 1 is 0.600 bits per heavy atom. The first-order chi connectivity index (χ1) is 12.1. The molecule has 0 aromatic rings. The number of aliphatic carboxylic acids is 1. The maximum absolute atomic E-state index is 10.4. The third-order valence-corrected chi connectivity index (χ3v) is 4.53. The molecule has 3 N–H and O–H groups in total. The van der Waals surface area contributed by atoms with E-state index in [-0.39, 0.29) is 0 Å². The third kappa shape index (κ3) is 22.7. The number of hydrogen-bond donors (Lipinski definition) is 2. The molecule has 5 nitrogen and oxygen atoms in total. The first-order valence-corrected chi connectivity index (χ1v) is 10.3. The maximum Gasteiger partial charge on any atom is 0.404 e. The fraction of sp³-hybridized carbons (Fsp3) is 0.900. The number of carboxylic acid groups (broad SMARTS) is 1. The number of ether oxygens (including phenoxy) is 1. The number of nitrogens with two attached hydrogens (primary N) is 1. The summed E-state index contributed by atoms with van der Waals surface area (Å²) in [6.07, 6.45) is 19.2. The Morgan fingerprint density at radius 2 is 0.920 bits per heavy atom. The van der Waals surface area contributed by atoms with E-state index in [1.54, 1.807) is 0 Å². The molecule has 0 aromatic heterocycles. The lowest BCUT2D eigenvalue weighted by Gasteiger charge is -2.04. The van der Waals surface area contributed by atoms with E-state index in [4.69, 9.17) is 15.6 Å². The van der Waals surface area contributed by atoms with Crippen LogP contribution in [-0.2, 0) is 9.53 Å². The number of carbonyl (C=O) groups excluding carboxylic acids is 1. The maximum atomic E-state index is 10.4. The fourth-order valence-corrected chi connectivity index (χ4v) is 3.03. The Kier molecular flexibility index (Phi) is 18.1. The van der Waals surface area contributed by atoms with Crippen LogP contribution in [0.5, 0.6) is 0 Å². The van der Waals surface area contributed by atoms with Crippen LogP contribution in [0.2, 0.25) is 0 Å². The molecule has 0 aliphatic rings. The van der Waals surface area contributed by atoms with E-state index in [0.717, 1.165) is 25.7 Å². The summed E-state index contributed by atoms with van der Waals surface area (Å²) in [5.41, 5.74) is 4.89. The highest BCUT2D eigenvalue weighted by Gasteiger charge is 1.97. The minimum Gasteiger partial charge on any atom is -0.481 e. The molecule has 0 saturated carbocycles. The summed E-state index contributed by atoms with van der Waals surface area (Å²) in [5.74, 6) is -0.671. The zero-order valence-electron chi connectivity index (χ0n) is 16.0. The van der Waals surface area contributed by atoms with Crippen molar-refractivity contribution >= 4 is 12.1 Å². The smallest absolute Gasteiger partial charge is 0.404 e. The Labute approximate surface area is 153 Å². The number of carboxylic acids is 1. The van der Waals surface area contributed by atoms with E-state index < -0.39 is 12.1 Å². The molecule has 0 atom stereocenters. The van der Waals surface area contributed by atoms with Gasteiger partial charge in [0.1, 0.15) is 0 Å².